The summed E-state index contributed by atoms with van der Waals surface area (Å²) in [5.41, 5.74) is -0.223. The molecule has 1 aliphatic heterocycles. The summed E-state index contributed by atoms with van der Waals surface area (Å²) in [7, 11) is 0. The van der Waals surface area contributed by atoms with Crippen molar-refractivity contribution in [3.8, 4) is 0 Å². The molecule has 0 radical (unpaired) electrons. The second-order valence-electron chi connectivity index (χ2n) is 5.37. The third-order valence-electron chi connectivity index (χ3n) is 3.60. The second-order valence-corrected chi connectivity index (χ2v) is 5.77. The van der Waals surface area contributed by atoms with Gasteiger partial charge in [-0.3, -0.25) is 9.59 Å². The zero-order chi connectivity index (χ0) is 15.4. The second kappa shape index (κ2) is 6.89. The van der Waals surface area contributed by atoms with E-state index in [-0.39, 0.29) is 23.0 Å². The first-order chi connectivity index (χ1) is 9.99. The van der Waals surface area contributed by atoms with E-state index in [9.17, 15) is 14.0 Å². The minimum atomic E-state index is -0.695. The Kier molecular flexibility index (Phi) is 5.17. The Balaban J connectivity index is 1.93. The molecule has 0 spiro atoms. The number of rotatable bonds is 3. The lowest BCUT2D eigenvalue weighted by molar-refractivity contribution is -0.131. The molecule has 1 atom stereocenters. The number of halogens is 2. The highest BCUT2D eigenvalue weighted by molar-refractivity contribution is 6.33. The lowest BCUT2D eigenvalue weighted by atomic mass is 10.0. The number of carbonyl (C=O) groups excluding carboxylic acids is 2. The van der Waals surface area contributed by atoms with Gasteiger partial charge < -0.3 is 10.2 Å². The number of nitrogens with one attached hydrogen (secondary N) is 1. The van der Waals surface area contributed by atoms with Gasteiger partial charge in [0.15, 0.2) is 0 Å². The number of hydrogen-bond acceptors (Lipinski definition) is 2. The topological polar surface area (TPSA) is 49.4 Å². The Bertz CT molecular complexity index is 530. The quantitative estimate of drug-likeness (QED) is 0.932. The third-order valence-corrected chi connectivity index (χ3v) is 3.91. The molecule has 1 heterocycles. The highest BCUT2D eigenvalue weighted by Gasteiger charge is 2.22. The molecule has 0 aliphatic carbocycles. The molecule has 1 N–H and O–H groups in total. The molecule has 0 bridgehead atoms. The van der Waals surface area contributed by atoms with Gasteiger partial charge in [0.25, 0.3) is 5.91 Å². The van der Waals surface area contributed by atoms with Gasteiger partial charge in [-0.05, 0) is 30.9 Å². The van der Waals surface area contributed by atoms with Gasteiger partial charge in [-0.2, -0.15) is 0 Å². The number of hydrogen-bond donors (Lipinski definition) is 1. The Morgan fingerprint density at radius 2 is 2.24 bits per heavy atom. The van der Waals surface area contributed by atoms with E-state index in [0.717, 1.165) is 18.9 Å². The van der Waals surface area contributed by atoms with Gasteiger partial charge in [0.05, 0.1) is 17.1 Å². The standard InChI is InChI=1S/C15H18ClFN2O2/c1-10-4-3-7-19(9-10)13(20)8-18-15(21)14-11(16)5-2-6-12(14)17/h2,5-6,10H,3-4,7-9H2,1H3,(H,18,21). The van der Waals surface area contributed by atoms with Crippen LogP contribution in [0.4, 0.5) is 4.39 Å². The van der Waals surface area contributed by atoms with Crippen molar-refractivity contribution in [1.29, 1.82) is 0 Å². The fourth-order valence-electron chi connectivity index (χ4n) is 2.49. The van der Waals surface area contributed by atoms with Gasteiger partial charge in [-0.25, -0.2) is 4.39 Å². The molecule has 4 nitrogen and oxygen atoms in total. The van der Waals surface area contributed by atoms with E-state index in [1.165, 1.54) is 12.1 Å². The van der Waals surface area contributed by atoms with Crippen LogP contribution in [0, 0.1) is 11.7 Å². The van der Waals surface area contributed by atoms with Crippen LogP contribution in [0.5, 0.6) is 0 Å². The molecular formula is C15H18ClFN2O2. The Labute approximate surface area is 128 Å². The average Bonchev–Trinajstić information content (AvgIpc) is 2.44. The van der Waals surface area contributed by atoms with E-state index in [4.69, 9.17) is 11.6 Å². The van der Waals surface area contributed by atoms with Crippen molar-refractivity contribution in [2.24, 2.45) is 5.92 Å². The Morgan fingerprint density at radius 1 is 1.48 bits per heavy atom. The molecule has 0 aromatic heterocycles. The van der Waals surface area contributed by atoms with E-state index in [1.807, 2.05) is 0 Å². The van der Waals surface area contributed by atoms with Gasteiger partial charge in [0.1, 0.15) is 5.82 Å². The molecule has 1 aromatic carbocycles. The molecule has 2 rings (SSSR count). The van der Waals surface area contributed by atoms with Gasteiger partial charge >= 0.3 is 0 Å². The van der Waals surface area contributed by atoms with Crippen LogP contribution in [0.25, 0.3) is 0 Å². The summed E-state index contributed by atoms with van der Waals surface area (Å²) in [6.45, 7) is 3.36. The predicted molar refractivity (Wildman–Crippen MR) is 78.7 cm³/mol. The van der Waals surface area contributed by atoms with E-state index >= 15 is 0 Å². The molecule has 1 aliphatic rings. The molecule has 1 aromatic rings. The molecule has 1 unspecified atom stereocenters. The summed E-state index contributed by atoms with van der Waals surface area (Å²) in [6, 6.07) is 4.03. The van der Waals surface area contributed by atoms with Crippen LogP contribution in [-0.4, -0.2) is 36.3 Å². The van der Waals surface area contributed by atoms with Crippen LogP contribution < -0.4 is 5.32 Å². The van der Waals surface area contributed by atoms with Crippen LogP contribution in [-0.2, 0) is 4.79 Å². The fourth-order valence-corrected chi connectivity index (χ4v) is 2.74. The average molecular weight is 313 g/mol. The number of amides is 2. The number of likely N-dealkylation sites (tertiary alicyclic amines) is 1. The first-order valence-corrected chi connectivity index (χ1v) is 7.37. The lowest BCUT2D eigenvalue weighted by Gasteiger charge is -2.31. The largest absolute Gasteiger partial charge is 0.343 e. The summed E-state index contributed by atoms with van der Waals surface area (Å²) in [4.78, 5) is 25.7. The van der Waals surface area contributed by atoms with Crippen molar-refractivity contribution in [3.63, 3.8) is 0 Å². The minimum Gasteiger partial charge on any atom is -0.343 e. The zero-order valence-electron chi connectivity index (χ0n) is 11.9. The summed E-state index contributed by atoms with van der Waals surface area (Å²) >= 11 is 5.81. The maximum absolute atomic E-state index is 13.6. The monoisotopic (exact) mass is 312 g/mol. The Morgan fingerprint density at radius 3 is 2.90 bits per heavy atom. The van der Waals surface area contributed by atoms with Gasteiger partial charge in [0.2, 0.25) is 5.91 Å². The Hall–Kier alpha value is -1.62. The molecule has 6 heteroatoms. The molecule has 0 saturated carbocycles. The van der Waals surface area contributed by atoms with Crippen molar-refractivity contribution < 1.29 is 14.0 Å². The van der Waals surface area contributed by atoms with Crippen LogP contribution in [0.15, 0.2) is 18.2 Å². The minimum absolute atomic E-state index is 0.0338. The SMILES string of the molecule is CC1CCCN(C(=O)CNC(=O)c2c(F)cccc2Cl)C1. The summed E-state index contributed by atoms with van der Waals surface area (Å²) < 4.78 is 13.6. The maximum atomic E-state index is 13.6. The first-order valence-electron chi connectivity index (χ1n) is 6.99. The zero-order valence-corrected chi connectivity index (χ0v) is 12.6. The third kappa shape index (κ3) is 3.94. The van der Waals surface area contributed by atoms with Crippen LogP contribution in [0.3, 0.4) is 0 Å². The molecular weight excluding hydrogens is 295 g/mol. The van der Waals surface area contributed by atoms with Crippen molar-refractivity contribution in [2.45, 2.75) is 19.8 Å². The maximum Gasteiger partial charge on any atom is 0.256 e. The number of piperidine rings is 1. The summed E-state index contributed by atoms with van der Waals surface area (Å²) in [5, 5.41) is 2.47. The van der Waals surface area contributed by atoms with E-state index < -0.39 is 11.7 Å². The predicted octanol–water partition coefficient (Wildman–Crippen LogP) is 2.47. The molecule has 1 saturated heterocycles. The van der Waals surface area contributed by atoms with Crippen molar-refractivity contribution in [1.82, 2.24) is 10.2 Å². The molecule has 1 fully saturated rings. The van der Waals surface area contributed by atoms with Crippen molar-refractivity contribution in [2.75, 3.05) is 19.6 Å². The van der Waals surface area contributed by atoms with Gasteiger partial charge in [-0.1, -0.05) is 24.6 Å². The highest BCUT2D eigenvalue weighted by Crippen LogP contribution is 2.19. The number of nitrogens with zero attached hydrogens (tertiary/aromatic N) is 1. The van der Waals surface area contributed by atoms with Gasteiger partial charge in [0, 0.05) is 13.1 Å². The summed E-state index contributed by atoms with van der Waals surface area (Å²) in [6.07, 6.45) is 2.08. The molecule has 21 heavy (non-hydrogen) atoms. The molecule has 114 valence electrons. The fraction of sp³-hybridized carbons (Fsp3) is 0.467. The van der Waals surface area contributed by atoms with Crippen LogP contribution >= 0.6 is 11.6 Å². The molecule has 2 amide bonds. The number of carbonyl (C=O) groups is 2. The first kappa shape index (κ1) is 15.8. The highest BCUT2D eigenvalue weighted by atomic mass is 35.5. The lowest BCUT2D eigenvalue weighted by Crippen LogP contribution is -2.44. The summed E-state index contributed by atoms with van der Waals surface area (Å²) in [5.74, 6) is -1.04. The van der Waals surface area contributed by atoms with Crippen molar-refractivity contribution >= 4 is 23.4 Å². The van der Waals surface area contributed by atoms with Gasteiger partial charge in [-0.15, -0.1) is 0 Å². The van der Waals surface area contributed by atoms with Crippen LogP contribution in [0.1, 0.15) is 30.1 Å². The smallest absolute Gasteiger partial charge is 0.256 e. The van der Waals surface area contributed by atoms with Crippen LogP contribution in [0.2, 0.25) is 5.02 Å². The number of benzene rings is 1. The van der Waals surface area contributed by atoms with E-state index in [0.29, 0.717) is 19.0 Å². The van der Waals surface area contributed by atoms with E-state index in [2.05, 4.69) is 12.2 Å². The normalized spacial score (nSPS) is 18.4. The van der Waals surface area contributed by atoms with E-state index in [1.54, 1.807) is 4.90 Å². The van der Waals surface area contributed by atoms with Crippen molar-refractivity contribution in [3.05, 3.63) is 34.6 Å².